The van der Waals surface area contributed by atoms with Crippen LogP contribution in [-0.2, 0) is 11.3 Å². The van der Waals surface area contributed by atoms with Crippen molar-refractivity contribution in [2.24, 2.45) is 5.73 Å². The van der Waals surface area contributed by atoms with Gasteiger partial charge in [0, 0.05) is 6.54 Å². The molecule has 0 unspecified atom stereocenters. The normalized spacial score (nSPS) is 8.96. The number of carbonyl (C=O) groups is 2. The second-order valence-electron chi connectivity index (χ2n) is 4.21. The Labute approximate surface area is 176 Å². The van der Waals surface area contributed by atoms with Crippen molar-refractivity contribution in [3.8, 4) is 11.1 Å². The molecule has 0 aliphatic rings. The molecule has 2 aromatic rings. The van der Waals surface area contributed by atoms with Crippen LogP contribution in [0.1, 0.15) is 15.9 Å². The maximum atomic E-state index is 11.7. The molecule has 0 atom stereocenters. The third kappa shape index (κ3) is 7.25. The van der Waals surface area contributed by atoms with E-state index in [1.807, 2.05) is 42.5 Å². The Kier molecular flexibility index (Phi) is 10.7. The van der Waals surface area contributed by atoms with E-state index in [4.69, 9.17) is 25.5 Å². The van der Waals surface area contributed by atoms with Gasteiger partial charge in [-0.05, 0) is 28.8 Å². The molecular weight excluding hydrogens is 325 g/mol. The summed E-state index contributed by atoms with van der Waals surface area (Å²) >= 11 is 0. The summed E-state index contributed by atoms with van der Waals surface area (Å²) in [6.45, 7) is 0.480. The quantitative estimate of drug-likeness (QED) is 0.518. The van der Waals surface area contributed by atoms with Crippen molar-refractivity contribution in [2.45, 2.75) is 6.54 Å². The topological polar surface area (TPSA) is 113 Å². The summed E-state index contributed by atoms with van der Waals surface area (Å²) < 4.78 is 4.79. The molecule has 3 N–H and O–H groups in total. The molecule has 0 heterocycles. The van der Waals surface area contributed by atoms with Gasteiger partial charge in [0.25, 0.3) is 0 Å². The van der Waals surface area contributed by atoms with Gasteiger partial charge in [-0.1, -0.05) is 36.4 Å². The Morgan fingerprint density at radius 3 is 2.35 bits per heavy atom. The number of esters is 1. The molecular formula is C16H16KNO5. The van der Waals surface area contributed by atoms with Crippen LogP contribution in [0.4, 0.5) is 4.79 Å². The van der Waals surface area contributed by atoms with Crippen molar-refractivity contribution < 1.29 is 75.9 Å². The van der Waals surface area contributed by atoms with Crippen molar-refractivity contribution in [3.63, 3.8) is 0 Å². The van der Waals surface area contributed by atoms with Crippen LogP contribution >= 0.6 is 0 Å². The molecule has 0 amide bonds. The molecule has 0 spiro atoms. The fourth-order valence-electron chi connectivity index (χ4n) is 1.89. The van der Waals surface area contributed by atoms with Crippen LogP contribution in [0, 0.1) is 0 Å². The first-order valence-corrected chi connectivity index (χ1v) is 6.36. The van der Waals surface area contributed by atoms with Crippen LogP contribution in [0.25, 0.3) is 11.1 Å². The van der Waals surface area contributed by atoms with Crippen LogP contribution in [0.15, 0.2) is 48.5 Å². The van der Waals surface area contributed by atoms with Gasteiger partial charge in [-0.15, -0.1) is 0 Å². The standard InChI is InChI=1S/C15H15NO2.CH2O3.K/c1-18-15(17)14-8-3-2-7-13(14)12-6-4-5-11(9-12)10-16;2-1(3)4;/h2-9H,10,16H2,1H3;(H2,2,3,4);/q;;+1/p-1. The first-order chi connectivity index (χ1) is 10.5. The summed E-state index contributed by atoms with van der Waals surface area (Å²) in [4.78, 5) is 20.2. The predicted molar refractivity (Wildman–Crippen MR) is 79.1 cm³/mol. The third-order valence-corrected chi connectivity index (χ3v) is 2.81. The van der Waals surface area contributed by atoms with E-state index in [9.17, 15) is 4.79 Å². The number of carboxylic acid groups (broad SMARTS) is 2. The van der Waals surface area contributed by atoms with Gasteiger partial charge in [-0.2, -0.15) is 0 Å². The van der Waals surface area contributed by atoms with Crippen LogP contribution in [0.3, 0.4) is 0 Å². The van der Waals surface area contributed by atoms with Gasteiger partial charge in [-0.3, -0.25) is 0 Å². The van der Waals surface area contributed by atoms with E-state index in [1.54, 1.807) is 6.07 Å². The minimum Gasteiger partial charge on any atom is -0.565 e. The Morgan fingerprint density at radius 1 is 1.17 bits per heavy atom. The van der Waals surface area contributed by atoms with Crippen molar-refractivity contribution >= 4 is 12.1 Å². The van der Waals surface area contributed by atoms with Crippen LogP contribution < -0.4 is 62.2 Å². The predicted octanol–water partition coefficient (Wildman–Crippen LogP) is -1.51. The van der Waals surface area contributed by atoms with Crippen molar-refractivity contribution in [2.75, 3.05) is 7.11 Å². The number of methoxy groups -OCH3 is 1. The summed E-state index contributed by atoms with van der Waals surface area (Å²) in [6.07, 6.45) is -2.08. The molecule has 0 aliphatic carbocycles. The number of benzene rings is 2. The summed E-state index contributed by atoms with van der Waals surface area (Å²) in [5.74, 6) is -0.330. The average Bonchev–Trinajstić information content (AvgIpc) is 2.53. The van der Waals surface area contributed by atoms with E-state index in [-0.39, 0.29) is 57.4 Å². The number of ether oxygens (including phenoxy) is 1. The first-order valence-electron chi connectivity index (χ1n) is 6.36. The molecule has 0 fully saturated rings. The van der Waals surface area contributed by atoms with Gasteiger partial charge in [0.05, 0.1) is 12.7 Å². The van der Waals surface area contributed by atoms with E-state index in [1.165, 1.54) is 7.11 Å². The van der Waals surface area contributed by atoms with Crippen LogP contribution in [-0.4, -0.2) is 24.3 Å². The van der Waals surface area contributed by atoms with Crippen LogP contribution in [0.5, 0.6) is 0 Å². The largest absolute Gasteiger partial charge is 1.00 e. The van der Waals surface area contributed by atoms with E-state index in [0.29, 0.717) is 12.1 Å². The molecule has 116 valence electrons. The van der Waals surface area contributed by atoms with Gasteiger partial charge >= 0.3 is 57.4 Å². The Hall–Kier alpha value is -1.22. The van der Waals surface area contributed by atoms with Crippen molar-refractivity contribution in [1.82, 2.24) is 0 Å². The third-order valence-electron chi connectivity index (χ3n) is 2.81. The Balaban J connectivity index is 0.000000871. The molecule has 0 saturated carbocycles. The molecule has 0 saturated heterocycles. The van der Waals surface area contributed by atoms with E-state index in [2.05, 4.69) is 0 Å². The molecule has 2 rings (SSSR count). The summed E-state index contributed by atoms with van der Waals surface area (Å²) in [5, 5.41) is 15.3. The fraction of sp³-hybridized carbons (Fsp3) is 0.125. The number of rotatable bonds is 3. The van der Waals surface area contributed by atoms with Gasteiger partial charge in [-0.25, -0.2) is 4.79 Å². The maximum absolute atomic E-state index is 11.7. The minimum absolute atomic E-state index is 0. The zero-order chi connectivity index (χ0) is 16.5. The summed E-state index contributed by atoms with van der Waals surface area (Å²) in [6, 6.07) is 15.2. The second kappa shape index (κ2) is 11.3. The Morgan fingerprint density at radius 2 is 1.78 bits per heavy atom. The summed E-state index contributed by atoms with van der Waals surface area (Å²) in [7, 11) is 1.38. The number of hydrogen-bond acceptors (Lipinski definition) is 5. The molecule has 0 aromatic heterocycles. The molecule has 0 radical (unpaired) electrons. The van der Waals surface area contributed by atoms with E-state index in [0.717, 1.165) is 16.7 Å². The monoisotopic (exact) mass is 341 g/mol. The number of carbonyl (C=O) groups excluding carboxylic acids is 1. The zero-order valence-electron chi connectivity index (χ0n) is 13.0. The number of nitrogens with two attached hydrogens (primary N) is 1. The van der Waals surface area contributed by atoms with Crippen molar-refractivity contribution in [3.05, 3.63) is 59.7 Å². The maximum Gasteiger partial charge on any atom is 1.00 e. The van der Waals surface area contributed by atoms with Gasteiger partial charge in [0.1, 0.15) is 0 Å². The molecule has 2 aromatic carbocycles. The first kappa shape index (κ1) is 21.8. The molecule has 0 aliphatic heterocycles. The fourth-order valence-corrected chi connectivity index (χ4v) is 1.89. The molecule has 7 heteroatoms. The van der Waals surface area contributed by atoms with E-state index < -0.39 is 6.16 Å². The van der Waals surface area contributed by atoms with E-state index >= 15 is 0 Å². The smallest absolute Gasteiger partial charge is 0.565 e. The molecule has 0 bridgehead atoms. The second-order valence-corrected chi connectivity index (χ2v) is 4.21. The van der Waals surface area contributed by atoms with Crippen molar-refractivity contribution in [1.29, 1.82) is 0 Å². The SMILES string of the molecule is COC(=O)c1ccccc1-c1cccc(CN)c1.O=C([O-])O.[K+]. The zero-order valence-corrected chi connectivity index (χ0v) is 16.1. The van der Waals surface area contributed by atoms with Gasteiger partial charge in [0.15, 0.2) is 0 Å². The van der Waals surface area contributed by atoms with Crippen LogP contribution in [0.2, 0.25) is 0 Å². The molecule has 6 nitrogen and oxygen atoms in total. The average molecular weight is 341 g/mol. The Bertz CT molecular complexity index is 656. The van der Waals surface area contributed by atoms with Gasteiger partial charge in [0.2, 0.25) is 6.16 Å². The van der Waals surface area contributed by atoms with Gasteiger partial charge < -0.3 is 25.5 Å². The molecule has 23 heavy (non-hydrogen) atoms. The minimum atomic E-state index is -2.08. The number of hydrogen-bond donors (Lipinski definition) is 2. The summed E-state index contributed by atoms with van der Waals surface area (Å²) in [5.41, 5.74) is 9.06.